The Morgan fingerprint density at radius 1 is 1.10 bits per heavy atom. The molecule has 0 N–H and O–H groups in total. The van der Waals surface area contributed by atoms with Gasteiger partial charge in [-0.15, -0.1) is 0 Å². The lowest BCUT2D eigenvalue weighted by atomic mass is 9.93. The molecule has 31 heavy (non-hydrogen) atoms. The van der Waals surface area contributed by atoms with Crippen LogP contribution in [0.15, 0.2) is 67.3 Å². The molecule has 0 spiro atoms. The molecule has 3 heterocycles. The molecule has 1 unspecified atom stereocenters. The van der Waals surface area contributed by atoms with Crippen molar-refractivity contribution in [2.45, 2.75) is 38.8 Å². The van der Waals surface area contributed by atoms with Crippen molar-refractivity contribution in [2.24, 2.45) is 0 Å². The molecule has 1 aromatic carbocycles. The smallest absolute Gasteiger partial charge is 0.256 e. The molecule has 1 amide bonds. The summed E-state index contributed by atoms with van der Waals surface area (Å²) >= 11 is 0. The predicted molar refractivity (Wildman–Crippen MR) is 118 cm³/mol. The summed E-state index contributed by atoms with van der Waals surface area (Å²) < 4.78 is 0. The number of carbonyl (C=O) groups excluding carboxylic acids is 1. The molecule has 3 aromatic heterocycles. The molecular formula is C25H23N5O. The molecule has 0 aliphatic heterocycles. The van der Waals surface area contributed by atoms with Crippen LogP contribution in [0, 0.1) is 6.92 Å². The van der Waals surface area contributed by atoms with Crippen molar-refractivity contribution in [2.75, 3.05) is 0 Å². The highest BCUT2D eigenvalue weighted by Gasteiger charge is 2.32. The topological polar surface area (TPSA) is 71.9 Å². The van der Waals surface area contributed by atoms with Crippen LogP contribution in [0.2, 0.25) is 0 Å². The van der Waals surface area contributed by atoms with Crippen LogP contribution in [0.4, 0.5) is 0 Å². The molecule has 0 fully saturated rings. The van der Waals surface area contributed by atoms with Gasteiger partial charge < -0.3 is 4.90 Å². The van der Waals surface area contributed by atoms with Crippen LogP contribution in [-0.4, -0.2) is 30.7 Å². The summed E-state index contributed by atoms with van der Waals surface area (Å²) in [5.41, 5.74) is 5.42. The first-order valence-corrected chi connectivity index (χ1v) is 10.6. The Kier molecular flexibility index (Phi) is 5.12. The van der Waals surface area contributed by atoms with Crippen LogP contribution in [0.5, 0.6) is 0 Å². The Morgan fingerprint density at radius 3 is 2.84 bits per heavy atom. The van der Waals surface area contributed by atoms with E-state index in [0.29, 0.717) is 12.1 Å². The molecule has 1 aliphatic carbocycles. The van der Waals surface area contributed by atoms with E-state index < -0.39 is 0 Å². The van der Waals surface area contributed by atoms with E-state index in [2.05, 4.69) is 44.2 Å². The highest BCUT2D eigenvalue weighted by molar-refractivity contribution is 5.94. The van der Waals surface area contributed by atoms with Gasteiger partial charge in [-0.25, -0.2) is 0 Å². The van der Waals surface area contributed by atoms with E-state index in [9.17, 15) is 4.79 Å². The van der Waals surface area contributed by atoms with Gasteiger partial charge in [-0.3, -0.25) is 24.7 Å². The molecule has 4 aromatic rings. The maximum absolute atomic E-state index is 13.6. The molecule has 154 valence electrons. The molecule has 0 saturated carbocycles. The summed E-state index contributed by atoms with van der Waals surface area (Å²) in [6.07, 6.45) is 9.49. The van der Waals surface area contributed by atoms with E-state index in [0.717, 1.165) is 52.8 Å². The van der Waals surface area contributed by atoms with Gasteiger partial charge in [0.25, 0.3) is 5.91 Å². The van der Waals surface area contributed by atoms with E-state index in [1.807, 2.05) is 24.0 Å². The number of benzene rings is 1. The summed E-state index contributed by atoms with van der Waals surface area (Å²) in [6.45, 7) is 2.46. The summed E-state index contributed by atoms with van der Waals surface area (Å²) in [5, 5.41) is 1.09. The van der Waals surface area contributed by atoms with Crippen LogP contribution in [0.1, 0.15) is 51.9 Å². The molecule has 0 radical (unpaired) electrons. The number of rotatable bonds is 4. The summed E-state index contributed by atoms with van der Waals surface area (Å²) in [5.74, 6) is -0.0473. The summed E-state index contributed by atoms with van der Waals surface area (Å²) in [6, 6.07) is 13.8. The van der Waals surface area contributed by atoms with Crippen molar-refractivity contribution in [3.63, 3.8) is 0 Å². The van der Waals surface area contributed by atoms with Gasteiger partial charge in [-0.1, -0.05) is 18.2 Å². The van der Waals surface area contributed by atoms with Crippen LogP contribution in [0.25, 0.3) is 10.9 Å². The number of hydrogen-bond donors (Lipinski definition) is 0. The normalized spacial score (nSPS) is 15.5. The Hall–Kier alpha value is -3.67. The lowest BCUT2D eigenvalue weighted by Crippen LogP contribution is -2.37. The average molecular weight is 409 g/mol. The van der Waals surface area contributed by atoms with Crippen molar-refractivity contribution in [3.8, 4) is 0 Å². The van der Waals surface area contributed by atoms with Gasteiger partial charge >= 0.3 is 0 Å². The second kappa shape index (κ2) is 8.22. The third-order valence-corrected chi connectivity index (χ3v) is 5.81. The van der Waals surface area contributed by atoms with Gasteiger partial charge in [-0.2, -0.15) is 0 Å². The second-order valence-electron chi connectivity index (χ2n) is 7.95. The first-order valence-electron chi connectivity index (χ1n) is 10.6. The molecule has 1 atom stereocenters. The maximum Gasteiger partial charge on any atom is 0.256 e. The van der Waals surface area contributed by atoms with Gasteiger partial charge in [0.2, 0.25) is 0 Å². The number of hydrogen-bond acceptors (Lipinski definition) is 5. The molecule has 0 bridgehead atoms. The SMILES string of the molecule is Cc1ccc2ccc(CN(C(=O)c3cccnc3)C3CCCc4nccnc43)cc2n1. The summed E-state index contributed by atoms with van der Waals surface area (Å²) in [7, 11) is 0. The minimum atomic E-state index is -0.119. The lowest BCUT2D eigenvalue weighted by Gasteiger charge is -2.34. The fraction of sp³-hybridized carbons (Fsp3) is 0.240. The molecule has 6 heteroatoms. The zero-order valence-electron chi connectivity index (χ0n) is 17.4. The monoisotopic (exact) mass is 409 g/mol. The number of pyridine rings is 2. The Balaban J connectivity index is 1.55. The largest absolute Gasteiger partial charge is 0.326 e. The van der Waals surface area contributed by atoms with Crippen LogP contribution < -0.4 is 0 Å². The lowest BCUT2D eigenvalue weighted by molar-refractivity contribution is 0.0631. The maximum atomic E-state index is 13.6. The van der Waals surface area contributed by atoms with Crippen molar-refractivity contribution in [1.29, 1.82) is 0 Å². The van der Waals surface area contributed by atoms with Crippen molar-refractivity contribution >= 4 is 16.8 Å². The molecular weight excluding hydrogens is 386 g/mol. The van der Waals surface area contributed by atoms with Crippen LogP contribution >= 0.6 is 0 Å². The number of amides is 1. The van der Waals surface area contributed by atoms with E-state index in [-0.39, 0.29) is 11.9 Å². The van der Waals surface area contributed by atoms with E-state index in [1.165, 1.54) is 0 Å². The minimum absolute atomic E-state index is 0.0473. The fourth-order valence-corrected chi connectivity index (χ4v) is 4.29. The molecule has 1 aliphatic rings. The van der Waals surface area contributed by atoms with Crippen molar-refractivity contribution in [1.82, 2.24) is 24.8 Å². The molecule has 0 saturated heterocycles. The van der Waals surface area contributed by atoms with Crippen molar-refractivity contribution < 1.29 is 4.79 Å². The number of fused-ring (bicyclic) bond motifs is 2. The van der Waals surface area contributed by atoms with Crippen molar-refractivity contribution in [3.05, 3.63) is 95.5 Å². The fourth-order valence-electron chi connectivity index (χ4n) is 4.29. The number of carbonyl (C=O) groups is 1. The number of aryl methyl sites for hydroxylation is 2. The number of nitrogens with zero attached hydrogens (tertiary/aromatic N) is 5. The van der Waals surface area contributed by atoms with Crippen LogP contribution in [-0.2, 0) is 13.0 Å². The first-order chi connectivity index (χ1) is 15.2. The van der Waals surface area contributed by atoms with Gasteiger partial charge in [0, 0.05) is 42.4 Å². The van der Waals surface area contributed by atoms with Gasteiger partial charge in [0.05, 0.1) is 28.5 Å². The zero-order valence-corrected chi connectivity index (χ0v) is 17.4. The zero-order chi connectivity index (χ0) is 21.2. The summed E-state index contributed by atoms with van der Waals surface area (Å²) in [4.78, 5) is 33.5. The van der Waals surface area contributed by atoms with E-state index in [1.54, 1.807) is 30.9 Å². The highest BCUT2D eigenvalue weighted by Crippen LogP contribution is 2.34. The third kappa shape index (κ3) is 3.89. The van der Waals surface area contributed by atoms with Gasteiger partial charge in [0.1, 0.15) is 0 Å². The molecule has 5 rings (SSSR count). The second-order valence-corrected chi connectivity index (χ2v) is 7.95. The van der Waals surface area contributed by atoms with E-state index in [4.69, 9.17) is 0 Å². The minimum Gasteiger partial charge on any atom is -0.326 e. The highest BCUT2D eigenvalue weighted by atomic mass is 16.2. The average Bonchev–Trinajstić information content (AvgIpc) is 2.82. The Labute approximate surface area is 181 Å². The van der Waals surface area contributed by atoms with E-state index >= 15 is 0 Å². The van der Waals surface area contributed by atoms with Gasteiger partial charge in [-0.05, 0) is 56.0 Å². The molecule has 6 nitrogen and oxygen atoms in total. The Bertz CT molecular complexity index is 1240. The predicted octanol–water partition coefficient (Wildman–Crippen LogP) is 4.45. The quantitative estimate of drug-likeness (QED) is 0.498. The standard InChI is InChI=1S/C25H23N5O/c1-17-7-9-19-10-8-18(14-22(19)29-17)16-30(25(31)20-4-3-11-26-15-20)23-6-2-5-21-24(23)28-13-12-27-21/h3-4,7-15,23H,2,5-6,16H2,1H3. The Morgan fingerprint density at radius 2 is 1.97 bits per heavy atom. The van der Waals surface area contributed by atoms with Gasteiger partial charge in [0.15, 0.2) is 0 Å². The number of aromatic nitrogens is 4. The first kappa shape index (κ1) is 19.3. The van der Waals surface area contributed by atoms with Crippen LogP contribution in [0.3, 0.4) is 0 Å². The third-order valence-electron chi connectivity index (χ3n) is 5.81.